The lowest BCUT2D eigenvalue weighted by molar-refractivity contribution is 0.332. The Morgan fingerprint density at radius 3 is 2.80 bits per heavy atom. The fourth-order valence-electron chi connectivity index (χ4n) is 2.01. The molecule has 1 aliphatic carbocycles. The number of hydrogen-bond donors (Lipinski definition) is 1. The summed E-state index contributed by atoms with van der Waals surface area (Å²) < 4.78 is 0. The first-order valence-electron chi connectivity index (χ1n) is 4.15. The monoisotopic (exact) mass is 157 g/mol. The van der Waals surface area contributed by atoms with Gasteiger partial charge in [-0.3, -0.25) is 0 Å². The molecule has 2 N–H and O–H groups in total. The van der Waals surface area contributed by atoms with E-state index in [0.29, 0.717) is 0 Å². The second kappa shape index (κ2) is 2.42. The molecule has 0 aromatic rings. The highest BCUT2D eigenvalue weighted by Gasteiger charge is 2.49. The van der Waals surface area contributed by atoms with Crippen LogP contribution in [0.5, 0.6) is 0 Å². The van der Waals surface area contributed by atoms with Crippen LogP contribution in [0.2, 0.25) is 0 Å². The van der Waals surface area contributed by atoms with Crippen LogP contribution in [0.4, 0.5) is 0 Å². The van der Waals surface area contributed by atoms with E-state index in [0.717, 1.165) is 17.9 Å². The molecule has 1 nitrogen and oxygen atoms in total. The van der Waals surface area contributed by atoms with E-state index in [2.05, 4.69) is 11.8 Å². The maximum absolute atomic E-state index is 5.71. The molecule has 1 unspecified atom stereocenters. The summed E-state index contributed by atoms with van der Waals surface area (Å²) in [6, 6.07) is 0. The Labute approximate surface area is 66.7 Å². The Kier molecular flexibility index (Phi) is 1.69. The summed E-state index contributed by atoms with van der Waals surface area (Å²) in [6.07, 6.45) is 4.30. The zero-order valence-electron chi connectivity index (χ0n) is 6.31. The molecule has 2 aliphatic rings. The third kappa shape index (κ3) is 0.978. The van der Waals surface area contributed by atoms with Gasteiger partial charge in [-0.1, -0.05) is 0 Å². The van der Waals surface area contributed by atoms with Crippen LogP contribution in [0.25, 0.3) is 0 Å². The van der Waals surface area contributed by atoms with Crippen molar-refractivity contribution in [3.63, 3.8) is 0 Å². The van der Waals surface area contributed by atoms with Crippen LogP contribution in [-0.4, -0.2) is 18.1 Å². The van der Waals surface area contributed by atoms with Crippen LogP contribution < -0.4 is 5.73 Å². The predicted octanol–water partition coefficient (Wildman–Crippen LogP) is 1.48. The normalized spacial score (nSPS) is 36.3. The second-order valence-electron chi connectivity index (χ2n) is 3.64. The van der Waals surface area contributed by atoms with Gasteiger partial charge in [-0.25, -0.2) is 0 Å². The Morgan fingerprint density at radius 1 is 1.50 bits per heavy atom. The van der Waals surface area contributed by atoms with Gasteiger partial charge in [0.15, 0.2) is 0 Å². The lowest BCUT2D eigenvalue weighted by Crippen LogP contribution is -2.30. The molecule has 2 fully saturated rings. The van der Waals surface area contributed by atoms with Crippen LogP contribution in [-0.2, 0) is 0 Å². The lowest BCUT2D eigenvalue weighted by atomic mass is 9.88. The molecular weight excluding hydrogens is 142 g/mol. The summed E-state index contributed by atoms with van der Waals surface area (Å²) in [7, 11) is 0. The fraction of sp³-hybridized carbons (Fsp3) is 1.00. The van der Waals surface area contributed by atoms with Crippen LogP contribution in [0.1, 0.15) is 19.3 Å². The molecule has 0 radical (unpaired) electrons. The average Bonchev–Trinajstić information content (AvgIpc) is 2.71. The minimum atomic E-state index is 0.734. The number of thioether (sulfide) groups is 1. The van der Waals surface area contributed by atoms with Crippen molar-refractivity contribution in [2.75, 3.05) is 18.1 Å². The zero-order chi connectivity index (χ0) is 7.03. The maximum atomic E-state index is 5.71. The van der Waals surface area contributed by atoms with E-state index in [1.165, 1.54) is 30.8 Å². The standard InChI is InChI=1S/C8H15NS/c9-5-7-1-4-10-6-8(7)2-3-8/h7H,1-6,9H2. The van der Waals surface area contributed by atoms with Gasteiger partial charge in [0, 0.05) is 0 Å². The molecular formula is C8H15NS. The van der Waals surface area contributed by atoms with Crippen molar-refractivity contribution in [1.82, 2.24) is 0 Å². The van der Waals surface area contributed by atoms with Gasteiger partial charge in [0.1, 0.15) is 0 Å². The molecule has 0 aromatic heterocycles. The van der Waals surface area contributed by atoms with Gasteiger partial charge in [-0.05, 0) is 48.6 Å². The first-order chi connectivity index (χ1) is 4.87. The van der Waals surface area contributed by atoms with Crippen molar-refractivity contribution in [2.24, 2.45) is 17.1 Å². The smallest absolute Gasteiger partial charge is 0.000766 e. The minimum Gasteiger partial charge on any atom is -0.330 e. The molecule has 1 saturated carbocycles. The van der Waals surface area contributed by atoms with Crippen molar-refractivity contribution in [3.05, 3.63) is 0 Å². The largest absolute Gasteiger partial charge is 0.330 e. The lowest BCUT2D eigenvalue weighted by Gasteiger charge is -2.30. The molecule has 1 heterocycles. The van der Waals surface area contributed by atoms with Crippen LogP contribution in [0.15, 0.2) is 0 Å². The van der Waals surface area contributed by atoms with E-state index in [9.17, 15) is 0 Å². The van der Waals surface area contributed by atoms with Gasteiger partial charge in [0.05, 0.1) is 0 Å². The minimum absolute atomic E-state index is 0.734. The van der Waals surface area contributed by atoms with Crippen molar-refractivity contribution >= 4 is 11.8 Å². The van der Waals surface area contributed by atoms with E-state index in [-0.39, 0.29) is 0 Å². The molecule has 0 aromatic carbocycles. The molecule has 2 heteroatoms. The zero-order valence-corrected chi connectivity index (χ0v) is 7.12. The molecule has 0 amide bonds. The first-order valence-corrected chi connectivity index (χ1v) is 5.31. The topological polar surface area (TPSA) is 26.0 Å². The van der Waals surface area contributed by atoms with Gasteiger partial charge < -0.3 is 5.73 Å². The highest BCUT2D eigenvalue weighted by atomic mass is 32.2. The van der Waals surface area contributed by atoms with E-state index >= 15 is 0 Å². The van der Waals surface area contributed by atoms with Gasteiger partial charge in [0.25, 0.3) is 0 Å². The molecule has 1 spiro atoms. The van der Waals surface area contributed by atoms with Gasteiger partial charge in [-0.15, -0.1) is 0 Å². The van der Waals surface area contributed by atoms with Crippen molar-refractivity contribution in [3.8, 4) is 0 Å². The molecule has 2 rings (SSSR count). The Morgan fingerprint density at radius 2 is 2.30 bits per heavy atom. The summed E-state index contributed by atoms with van der Waals surface area (Å²) in [5.74, 6) is 3.62. The quantitative estimate of drug-likeness (QED) is 0.624. The van der Waals surface area contributed by atoms with E-state index < -0.39 is 0 Å². The molecule has 1 saturated heterocycles. The second-order valence-corrected chi connectivity index (χ2v) is 4.74. The first kappa shape index (κ1) is 6.99. The summed E-state index contributed by atoms with van der Waals surface area (Å²) in [5.41, 5.74) is 6.44. The third-order valence-corrected chi connectivity index (χ3v) is 4.35. The summed E-state index contributed by atoms with van der Waals surface area (Å²) in [5, 5.41) is 0. The van der Waals surface area contributed by atoms with Crippen molar-refractivity contribution in [2.45, 2.75) is 19.3 Å². The van der Waals surface area contributed by atoms with Crippen LogP contribution in [0, 0.1) is 11.3 Å². The average molecular weight is 157 g/mol. The Hall–Kier alpha value is 0.310. The van der Waals surface area contributed by atoms with Gasteiger partial charge in [0.2, 0.25) is 0 Å². The van der Waals surface area contributed by atoms with E-state index in [1.807, 2.05) is 0 Å². The van der Waals surface area contributed by atoms with Crippen molar-refractivity contribution < 1.29 is 0 Å². The third-order valence-electron chi connectivity index (χ3n) is 3.04. The number of rotatable bonds is 1. The Bertz CT molecular complexity index is 131. The van der Waals surface area contributed by atoms with E-state index in [4.69, 9.17) is 5.73 Å². The summed E-state index contributed by atoms with van der Waals surface area (Å²) >= 11 is 2.13. The molecule has 1 aliphatic heterocycles. The number of nitrogens with two attached hydrogens (primary N) is 1. The molecule has 0 bridgehead atoms. The van der Waals surface area contributed by atoms with E-state index in [1.54, 1.807) is 0 Å². The van der Waals surface area contributed by atoms with Crippen LogP contribution in [0.3, 0.4) is 0 Å². The number of hydrogen-bond acceptors (Lipinski definition) is 2. The van der Waals surface area contributed by atoms with Crippen LogP contribution >= 0.6 is 11.8 Å². The fourth-order valence-corrected chi connectivity index (χ4v) is 3.53. The highest BCUT2D eigenvalue weighted by Crippen LogP contribution is 2.57. The molecule has 1 atom stereocenters. The Balaban J connectivity index is 2.01. The maximum Gasteiger partial charge on any atom is -0.000766 e. The highest BCUT2D eigenvalue weighted by molar-refractivity contribution is 7.99. The SMILES string of the molecule is NCC1CCSCC12CC2. The summed E-state index contributed by atoms with van der Waals surface area (Å²) in [6.45, 7) is 0.931. The molecule has 58 valence electrons. The van der Waals surface area contributed by atoms with Gasteiger partial charge >= 0.3 is 0 Å². The predicted molar refractivity (Wildman–Crippen MR) is 46.2 cm³/mol. The van der Waals surface area contributed by atoms with Crippen molar-refractivity contribution in [1.29, 1.82) is 0 Å². The van der Waals surface area contributed by atoms with Gasteiger partial charge in [-0.2, -0.15) is 11.8 Å². The molecule has 10 heavy (non-hydrogen) atoms. The summed E-state index contributed by atoms with van der Waals surface area (Å²) in [4.78, 5) is 0.